The average Bonchev–Trinajstić information content (AvgIpc) is 2.77. The lowest BCUT2D eigenvalue weighted by Crippen LogP contribution is -2.26. The molecule has 3 atom stereocenters. The van der Waals surface area contributed by atoms with Gasteiger partial charge in [0.05, 0.1) is 12.1 Å². The fourth-order valence-corrected chi connectivity index (χ4v) is 3.44. The predicted molar refractivity (Wildman–Crippen MR) is 76.3 cm³/mol. The Labute approximate surface area is 115 Å². The zero-order valence-corrected chi connectivity index (χ0v) is 12.1. The summed E-state index contributed by atoms with van der Waals surface area (Å²) in [6.07, 6.45) is 3.98. The molecule has 1 fully saturated rings. The van der Waals surface area contributed by atoms with Crippen LogP contribution in [0.1, 0.15) is 37.8 Å². The molecule has 2 nitrogen and oxygen atoms in total. The third-order valence-corrected chi connectivity index (χ3v) is 4.50. The van der Waals surface area contributed by atoms with E-state index in [1.54, 1.807) is 7.11 Å². The Morgan fingerprint density at radius 1 is 1.39 bits per heavy atom. The lowest BCUT2D eigenvalue weighted by atomic mass is 9.86. The van der Waals surface area contributed by atoms with Gasteiger partial charge in [0, 0.05) is 6.04 Å². The Hall–Kier alpha value is -0.730. The average molecular weight is 268 g/mol. The van der Waals surface area contributed by atoms with E-state index in [9.17, 15) is 0 Å². The molecular formula is C15H22ClNO. The van der Waals surface area contributed by atoms with Crippen LogP contribution in [0, 0.1) is 11.8 Å². The molecule has 100 valence electrons. The molecule has 1 aliphatic rings. The zero-order chi connectivity index (χ0) is 13.1. The number of hydrogen-bond donors (Lipinski definition) is 1. The van der Waals surface area contributed by atoms with Crippen LogP contribution in [0.4, 0.5) is 0 Å². The van der Waals surface area contributed by atoms with Crippen molar-refractivity contribution in [1.82, 2.24) is 5.32 Å². The first kappa shape index (κ1) is 13.7. The summed E-state index contributed by atoms with van der Waals surface area (Å²) in [5.74, 6) is 2.23. The van der Waals surface area contributed by atoms with Crippen LogP contribution in [0.3, 0.4) is 0 Å². The second-order valence-electron chi connectivity index (χ2n) is 5.23. The van der Waals surface area contributed by atoms with Crippen molar-refractivity contribution in [3.05, 3.63) is 28.8 Å². The summed E-state index contributed by atoms with van der Waals surface area (Å²) in [4.78, 5) is 0. The molecule has 0 amide bonds. The van der Waals surface area contributed by atoms with Crippen LogP contribution in [0.5, 0.6) is 5.75 Å². The van der Waals surface area contributed by atoms with Crippen LogP contribution in [0.15, 0.2) is 18.2 Å². The molecule has 0 aromatic heterocycles. The van der Waals surface area contributed by atoms with Crippen molar-refractivity contribution in [2.45, 2.75) is 32.2 Å². The third kappa shape index (κ3) is 2.65. The van der Waals surface area contributed by atoms with E-state index in [1.807, 2.05) is 19.2 Å². The maximum atomic E-state index is 6.22. The molecule has 1 saturated carbocycles. The Morgan fingerprint density at radius 2 is 2.17 bits per heavy atom. The highest BCUT2D eigenvalue weighted by molar-refractivity contribution is 6.32. The number of benzene rings is 1. The molecule has 3 heteroatoms. The van der Waals surface area contributed by atoms with E-state index >= 15 is 0 Å². The molecule has 1 N–H and O–H groups in total. The first-order chi connectivity index (χ1) is 8.67. The van der Waals surface area contributed by atoms with Gasteiger partial charge in [-0.05, 0) is 43.0 Å². The summed E-state index contributed by atoms with van der Waals surface area (Å²) < 4.78 is 5.21. The van der Waals surface area contributed by atoms with Gasteiger partial charge < -0.3 is 10.1 Å². The topological polar surface area (TPSA) is 21.3 Å². The number of methoxy groups -OCH3 is 1. The van der Waals surface area contributed by atoms with Crippen LogP contribution in [-0.4, -0.2) is 14.2 Å². The number of ether oxygens (including phenoxy) is 1. The van der Waals surface area contributed by atoms with Crippen LogP contribution < -0.4 is 10.1 Å². The Morgan fingerprint density at radius 3 is 2.67 bits per heavy atom. The van der Waals surface area contributed by atoms with Gasteiger partial charge in [-0.2, -0.15) is 0 Å². The molecule has 1 aliphatic carbocycles. The number of halogens is 1. The third-order valence-electron chi connectivity index (χ3n) is 4.20. The van der Waals surface area contributed by atoms with Crippen LogP contribution >= 0.6 is 11.6 Å². The summed E-state index contributed by atoms with van der Waals surface area (Å²) in [6.45, 7) is 2.35. The monoisotopic (exact) mass is 267 g/mol. The van der Waals surface area contributed by atoms with Crippen LogP contribution in [-0.2, 0) is 0 Å². The van der Waals surface area contributed by atoms with Crippen LogP contribution in [0.25, 0.3) is 0 Å². The molecule has 18 heavy (non-hydrogen) atoms. The number of hydrogen-bond acceptors (Lipinski definition) is 2. The number of rotatable bonds is 4. The Balaban J connectivity index is 2.24. The van der Waals surface area contributed by atoms with E-state index in [0.717, 1.165) is 11.7 Å². The molecular weight excluding hydrogens is 246 g/mol. The lowest BCUT2D eigenvalue weighted by Gasteiger charge is -2.27. The molecule has 3 unspecified atom stereocenters. The van der Waals surface area contributed by atoms with Gasteiger partial charge in [-0.15, -0.1) is 0 Å². The van der Waals surface area contributed by atoms with Gasteiger partial charge in [-0.3, -0.25) is 0 Å². The fourth-order valence-electron chi connectivity index (χ4n) is 3.17. The highest BCUT2D eigenvalue weighted by atomic mass is 35.5. The van der Waals surface area contributed by atoms with Crippen molar-refractivity contribution in [3.8, 4) is 5.75 Å². The molecule has 0 heterocycles. The van der Waals surface area contributed by atoms with Gasteiger partial charge in [0.2, 0.25) is 0 Å². The first-order valence-corrected chi connectivity index (χ1v) is 7.06. The van der Waals surface area contributed by atoms with Crippen molar-refractivity contribution in [3.63, 3.8) is 0 Å². The highest BCUT2D eigenvalue weighted by Crippen LogP contribution is 2.41. The van der Waals surface area contributed by atoms with E-state index in [-0.39, 0.29) is 0 Å². The minimum Gasteiger partial charge on any atom is -0.495 e. The molecule has 0 aliphatic heterocycles. The summed E-state index contributed by atoms with van der Waals surface area (Å²) in [7, 11) is 3.68. The summed E-state index contributed by atoms with van der Waals surface area (Å²) in [5, 5.41) is 4.15. The van der Waals surface area contributed by atoms with E-state index in [0.29, 0.717) is 17.0 Å². The van der Waals surface area contributed by atoms with Crippen molar-refractivity contribution in [2.24, 2.45) is 11.8 Å². The van der Waals surface area contributed by atoms with Crippen LogP contribution in [0.2, 0.25) is 5.02 Å². The maximum absolute atomic E-state index is 6.22. The molecule has 0 spiro atoms. The SMILES string of the molecule is CNC(c1ccc(OC)c(Cl)c1)C1CCCC1C. The first-order valence-electron chi connectivity index (χ1n) is 6.68. The molecule has 0 saturated heterocycles. The number of nitrogens with one attached hydrogen (secondary N) is 1. The Bertz CT molecular complexity index is 407. The van der Waals surface area contributed by atoms with Gasteiger partial charge in [0.25, 0.3) is 0 Å². The predicted octanol–water partition coefficient (Wildman–Crippen LogP) is 4.05. The van der Waals surface area contributed by atoms with Gasteiger partial charge in [0.1, 0.15) is 5.75 Å². The van der Waals surface area contributed by atoms with Gasteiger partial charge in [-0.1, -0.05) is 37.4 Å². The van der Waals surface area contributed by atoms with Gasteiger partial charge in [0.15, 0.2) is 0 Å². The van der Waals surface area contributed by atoms with Crippen molar-refractivity contribution >= 4 is 11.6 Å². The summed E-state index contributed by atoms with van der Waals surface area (Å²) in [5.41, 5.74) is 1.27. The largest absolute Gasteiger partial charge is 0.495 e. The molecule has 1 aromatic rings. The minimum absolute atomic E-state index is 0.394. The van der Waals surface area contributed by atoms with E-state index < -0.39 is 0 Å². The molecule has 0 bridgehead atoms. The Kier molecular flexibility index (Phi) is 4.52. The van der Waals surface area contributed by atoms with E-state index in [1.165, 1.54) is 24.8 Å². The summed E-state index contributed by atoms with van der Waals surface area (Å²) >= 11 is 6.22. The van der Waals surface area contributed by atoms with Crippen molar-refractivity contribution < 1.29 is 4.74 Å². The quantitative estimate of drug-likeness (QED) is 0.889. The fraction of sp³-hybridized carbons (Fsp3) is 0.600. The van der Waals surface area contributed by atoms with Gasteiger partial charge >= 0.3 is 0 Å². The standard InChI is InChI=1S/C15H22ClNO/c1-10-5-4-6-12(10)15(17-2)11-7-8-14(18-3)13(16)9-11/h7-10,12,15,17H,4-6H2,1-3H3. The zero-order valence-electron chi connectivity index (χ0n) is 11.4. The van der Waals surface area contributed by atoms with Crippen molar-refractivity contribution in [2.75, 3.05) is 14.2 Å². The molecule has 0 radical (unpaired) electrons. The minimum atomic E-state index is 0.394. The smallest absolute Gasteiger partial charge is 0.137 e. The molecule has 2 rings (SSSR count). The van der Waals surface area contributed by atoms with E-state index in [2.05, 4.69) is 18.3 Å². The lowest BCUT2D eigenvalue weighted by molar-refractivity contribution is 0.315. The highest BCUT2D eigenvalue weighted by Gasteiger charge is 2.31. The van der Waals surface area contributed by atoms with Gasteiger partial charge in [-0.25, -0.2) is 0 Å². The second kappa shape index (κ2) is 5.94. The normalized spacial score (nSPS) is 25.1. The maximum Gasteiger partial charge on any atom is 0.137 e. The summed E-state index contributed by atoms with van der Waals surface area (Å²) in [6, 6.07) is 6.51. The van der Waals surface area contributed by atoms with Crippen molar-refractivity contribution in [1.29, 1.82) is 0 Å². The second-order valence-corrected chi connectivity index (χ2v) is 5.64. The molecule has 1 aromatic carbocycles. The van der Waals surface area contributed by atoms with E-state index in [4.69, 9.17) is 16.3 Å².